The zero-order valence-electron chi connectivity index (χ0n) is 12.4. The number of rotatable bonds is 5. The van der Waals surface area contributed by atoms with Crippen molar-refractivity contribution < 1.29 is 18.8 Å². The quantitative estimate of drug-likeness (QED) is 0.885. The molecule has 23 heavy (non-hydrogen) atoms. The number of primary amides is 1. The summed E-state index contributed by atoms with van der Waals surface area (Å²) in [6, 6.07) is 10.8. The van der Waals surface area contributed by atoms with Gasteiger partial charge in [-0.2, -0.15) is 0 Å². The molecule has 7 heteroatoms. The van der Waals surface area contributed by atoms with Crippen LogP contribution in [0.5, 0.6) is 5.75 Å². The second kappa shape index (κ2) is 6.51. The number of hydrogen-bond acceptors (Lipinski definition) is 5. The van der Waals surface area contributed by atoms with Crippen LogP contribution in [0, 0.1) is 11.8 Å². The third-order valence-corrected chi connectivity index (χ3v) is 3.95. The number of likely N-dealkylation sites (tertiary alicyclic amines) is 1. The minimum absolute atomic E-state index is 0.151. The molecule has 2 heterocycles. The summed E-state index contributed by atoms with van der Waals surface area (Å²) >= 11 is 0. The fraction of sp³-hybridized carbons (Fsp3) is 0.312. The Bertz CT molecular complexity index is 672. The van der Waals surface area contributed by atoms with Crippen molar-refractivity contribution >= 4 is 11.8 Å². The maximum atomic E-state index is 12.3. The molecule has 2 aromatic rings. The van der Waals surface area contributed by atoms with Crippen molar-refractivity contribution in [1.82, 2.24) is 10.1 Å². The van der Waals surface area contributed by atoms with E-state index in [2.05, 4.69) is 5.16 Å². The van der Waals surface area contributed by atoms with Crippen LogP contribution in [0.15, 0.2) is 47.1 Å². The van der Waals surface area contributed by atoms with Crippen molar-refractivity contribution in [1.29, 1.82) is 0 Å². The number of nitrogens with two attached hydrogens (primary N) is 1. The smallest absolute Gasteiger partial charge is 0.292 e. The first-order valence-corrected chi connectivity index (χ1v) is 7.32. The van der Waals surface area contributed by atoms with Gasteiger partial charge in [-0.3, -0.25) is 9.59 Å². The number of para-hydroxylation sites is 1. The highest BCUT2D eigenvalue weighted by Gasteiger charge is 2.40. The molecule has 0 aliphatic carbocycles. The zero-order chi connectivity index (χ0) is 16.2. The molecule has 1 saturated heterocycles. The highest BCUT2D eigenvalue weighted by Crippen LogP contribution is 2.26. The number of amides is 2. The molecule has 2 atom stereocenters. The molecule has 1 aromatic carbocycles. The van der Waals surface area contributed by atoms with Gasteiger partial charge in [-0.1, -0.05) is 23.4 Å². The molecule has 1 fully saturated rings. The lowest BCUT2D eigenvalue weighted by atomic mass is 9.96. The summed E-state index contributed by atoms with van der Waals surface area (Å²) in [6.45, 7) is 0.968. The van der Waals surface area contributed by atoms with Crippen LogP contribution in [0.4, 0.5) is 0 Å². The number of carbonyl (C=O) groups is 2. The molecule has 0 bridgehead atoms. The average Bonchev–Trinajstić information content (AvgIpc) is 3.23. The highest BCUT2D eigenvalue weighted by atomic mass is 16.5. The van der Waals surface area contributed by atoms with E-state index in [9.17, 15) is 9.59 Å². The first kappa shape index (κ1) is 15.1. The van der Waals surface area contributed by atoms with E-state index in [-0.39, 0.29) is 24.1 Å². The average molecular weight is 315 g/mol. The van der Waals surface area contributed by atoms with Gasteiger partial charge in [-0.15, -0.1) is 0 Å². The van der Waals surface area contributed by atoms with Gasteiger partial charge >= 0.3 is 0 Å². The van der Waals surface area contributed by atoms with Gasteiger partial charge in [0, 0.05) is 25.1 Å². The van der Waals surface area contributed by atoms with E-state index in [1.807, 2.05) is 30.3 Å². The predicted octanol–water partition coefficient (Wildman–Crippen LogP) is 0.927. The van der Waals surface area contributed by atoms with Gasteiger partial charge in [0.25, 0.3) is 5.91 Å². The van der Waals surface area contributed by atoms with E-state index in [1.54, 1.807) is 4.90 Å². The molecule has 0 unspecified atom stereocenters. The molecule has 0 radical (unpaired) electrons. The normalized spacial score (nSPS) is 20.4. The third kappa shape index (κ3) is 3.33. The Kier molecular flexibility index (Phi) is 4.27. The monoisotopic (exact) mass is 315 g/mol. The molecule has 7 nitrogen and oxygen atoms in total. The minimum atomic E-state index is -0.439. The summed E-state index contributed by atoms with van der Waals surface area (Å²) in [6.07, 6.45) is 1.41. The van der Waals surface area contributed by atoms with Gasteiger partial charge < -0.3 is 19.9 Å². The molecular weight excluding hydrogens is 298 g/mol. The summed E-state index contributed by atoms with van der Waals surface area (Å²) in [7, 11) is 0. The summed E-state index contributed by atoms with van der Waals surface area (Å²) in [5.74, 6) is -0.450. The SMILES string of the molecule is NC(=O)[C@@H]1CN(C(=O)c2ccno2)C[C@H]1COc1ccccc1. The lowest BCUT2D eigenvalue weighted by Crippen LogP contribution is -2.32. The fourth-order valence-corrected chi connectivity index (χ4v) is 2.73. The Labute approximate surface area is 133 Å². The standard InChI is InChI=1S/C16H17N3O4/c17-15(20)13-9-19(16(21)14-6-7-18-23-14)8-11(13)10-22-12-4-2-1-3-5-12/h1-7,11,13H,8-10H2,(H2,17,20)/t11-,13+/m0/s1. The summed E-state index contributed by atoms with van der Waals surface area (Å²) < 4.78 is 10.6. The number of hydrogen-bond donors (Lipinski definition) is 1. The Morgan fingerprint density at radius 3 is 2.70 bits per heavy atom. The summed E-state index contributed by atoms with van der Waals surface area (Å²) in [4.78, 5) is 25.5. The lowest BCUT2D eigenvalue weighted by molar-refractivity contribution is -0.122. The van der Waals surface area contributed by atoms with Gasteiger partial charge in [0.2, 0.25) is 11.7 Å². The molecule has 1 aromatic heterocycles. The van der Waals surface area contributed by atoms with E-state index in [0.29, 0.717) is 13.2 Å². The van der Waals surface area contributed by atoms with Crippen LogP contribution < -0.4 is 10.5 Å². The number of ether oxygens (including phenoxy) is 1. The molecule has 3 rings (SSSR count). The van der Waals surface area contributed by atoms with Crippen molar-refractivity contribution in [2.75, 3.05) is 19.7 Å². The second-order valence-electron chi connectivity index (χ2n) is 5.48. The number of aromatic nitrogens is 1. The molecule has 120 valence electrons. The zero-order valence-corrected chi connectivity index (χ0v) is 12.4. The van der Waals surface area contributed by atoms with Crippen LogP contribution >= 0.6 is 0 Å². The van der Waals surface area contributed by atoms with Crippen molar-refractivity contribution in [3.8, 4) is 5.75 Å². The van der Waals surface area contributed by atoms with Gasteiger partial charge in [0.1, 0.15) is 5.75 Å². The van der Waals surface area contributed by atoms with Crippen LogP contribution in [0.25, 0.3) is 0 Å². The lowest BCUT2D eigenvalue weighted by Gasteiger charge is -2.16. The first-order valence-electron chi connectivity index (χ1n) is 7.32. The van der Waals surface area contributed by atoms with Gasteiger partial charge in [0.15, 0.2) is 0 Å². The van der Waals surface area contributed by atoms with Crippen LogP contribution in [0.1, 0.15) is 10.6 Å². The van der Waals surface area contributed by atoms with E-state index in [1.165, 1.54) is 12.3 Å². The first-order chi connectivity index (χ1) is 11.1. The van der Waals surface area contributed by atoms with Crippen molar-refractivity contribution in [2.45, 2.75) is 0 Å². The van der Waals surface area contributed by atoms with Crippen LogP contribution in [0.2, 0.25) is 0 Å². The van der Waals surface area contributed by atoms with Crippen molar-refractivity contribution in [2.24, 2.45) is 17.6 Å². The van der Waals surface area contributed by atoms with Crippen molar-refractivity contribution in [3.05, 3.63) is 48.4 Å². The van der Waals surface area contributed by atoms with E-state index >= 15 is 0 Å². The molecular formula is C16H17N3O4. The Morgan fingerprint density at radius 2 is 2.04 bits per heavy atom. The number of nitrogens with zero attached hydrogens (tertiary/aromatic N) is 2. The Balaban J connectivity index is 1.66. The molecule has 0 saturated carbocycles. The van der Waals surface area contributed by atoms with Crippen LogP contribution in [-0.4, -0.2) is 41.6 Å². The third-order valence-electron chi connectivity index (χ3n) is 3.95. The highest BCUT2D eigenvalue weighted by molar-refractivity contribution is 5.92. The Hall–Kier alpha value is -2.83. The van der Waals surface area contributed by atoms with E-state index in [0.717, 1.165) is 5.75 Å². The van der Waals surface area contributed by atoms with E-state index in [4.69, 9.17) is 15.0 Å². The molecule has 2 N–H and O–H groups in total. The minimum Gasteiger partial charge on any atom is -0.493 e. The maximum absolute atomic E-state index is 12.3. The van der Waals surface area contributed by atoms with Gasteiger partial charge in [0.05, 0.1) is 18.7 Å². The number of benzene rings is 1. The maximum Gasteiger partial charge on any atom is 0.292 e. The largest absolute Gasteiger partial charge is 0.493 e. The summed E-state index contributed by atoms with van der Waals surface area (Å²) in [5.41, 5.74) is 5.47. The van der Waals surface area contributed by atoms with Gasteiger partial charge in [-0.05, 0) is 12.1 Å². The summed E-state index contributed by atoms with van der Waals surface area (Å²) in [5, 5.41) is 3.52. The Morgan fingerprint density at radius 1 is 1.26 bits per heavy atom. The molecule has 2 amide bonds. The topological polar surface area (TPSA) is 98.7 Å². The molecule has 1 aliphatic heterocycles. The molecule has 0 spiro atoms. The predicted molar refractivity (Wildman–Crippen MR) is 80.5 cm³/mol. The van der Waals surface area contributed by atoms with E-state index < -0.39 is 11.8 Å². The van der Waals surface area contributed by atoms with Crippen LogP contribution in [-0.2, 0) is 4.79 Å². The second-order valence-corrected chi connectivity index (χ2v) is 5.48. The number of carbonyl (C=O) groups excluding carboxylic acids is 2. The fourth-order valence-electron chi connectivity index (χ4n) is 2.73. The van der Waals surface area contributed by atoms with Crippen LogP contribution in [0.3, 0.4) is 0 Å². The van der Waals surface area contributed by atoms with Gasteiger partial charge in [-0.25, -0.2) is 0 Å². The molecule has 1 aliphatic rings. The van der Waals surface area contributed by atoms with Crippen molar-refractivity contribution in [3.63, 3.8) is 0 Å².